The van der Waals surface area contributed by atoms with Crippen LogP contribution in [0.1, 0.15) is 18.9 Å². The molecule has 0 radical (unpaired) electrons. The second-order valence-corrected chi connectivity index (χ2v) is 5.50. The monoisotopic (exact) mass is 316 g/mol. The molecule has 1 aromatic carbocycles. The topological polar surface area (TPSA) is 15.7 Å². The smallest absolute Gasteiger partial charge is 0.416 e. The van der Waals surface area contributed by atoms with Crippen LogP contribution in [-0.4, -0.2) is 55.7 Å². The molecule has 124 valence electrons. The predicted octanol–water partition coefficient (Wildman–Crippen LogP) is 3.11. The number of hydrogen-bond donors (Lipinski definition) is 0. The van der Waals surface area contributed by atoms with Gasteiger partial charge in [-0.15, -0.1) is 0 Å². The number of hydrogen-bond acceptors (Lipinski definition) is 3. The van der Waals surface area contributed by atoms with Crippen molar-refractivity contribution in [1.29, 1.82) is 0 Å². The molecule has 22 heavy (non-hydrogen) atoms. The minimum atomic E-state index is -4.32. The maximum atomic E-state index is 12.6. The molecule has 0 bridgehead atoms. The van der Waals surface area contributed by atoms with Gasteiger partial charge in [0.15, 0.2) is 0 Å². The number of benzene rings is 1. The third kappa shape index (κ3) is 5.18. The summed E-state index contributed by atoms with van der Waals surface area (Å²) in [7, 11) is 0. The number of likely N-dealkylation sites (N-methyl/N-ethyl adjacent to an activating group) is 1. The van der Waals surface area contributed by atoms with Crippen LogP contribution in [0.5, 0.6) is 5.75 Å². The highest BCUT2D eigenvalue weighted by Gasteiger charge is 2.30. The molecule has 0 amide bonds. The number of alkyl halides is 3. The summed E-state index contributed by atoms with van der Waals surface area (Å²) in [5.41, 5.74) is -0.666. The maximum Gasteiger partial charge on any atom is 0.416 e. The molecule has 1 saturated heterocycles. The Morgan fingerprint density at radius 3 is 2.41 bits per heavy atom. The van der Waals surface area contributed by atoms with Crippen molar-refractivity contribution in [2.75, 3.05) is 45.9 Å². The molecule has 0 saturated carbocycles. The molecule has 1 fully saturated rings. The quantitative estimate of drug-likeness (QED) is 0.750. The maximum absolute atomic E-state index is 12.6. The summed E-state index contributed by atoms with van der Waals surface area (Å²) in [5, 5.41) is 0. The summed E-state index contributed by atoms with van der Waals surface area (Å²) >= 11 is 0. The van der Waals surface area contributed by atoms with Crippen molar-refractivity contribution in [3.8, 4) is 5.75 Å². The van der Waals surface area contributed by atoms with E-state index in [2.05, 4.69) is 16.7 Å². The first-order valence-corrected chi connectivity index (χ1v) is 7.74. The molecule has 0 unspecified atom stereocenters. The Hall–Kier alpha value is -1.27. The predicted molar refractivity (Wildman–Crippen MR) is 80.1 cm³/mol. The standard InChI is InChI=1S/C16H23F3N2O/c1-2-20-8-10-21(11-9-20)7-4-12-22-15-6-3-5-14(13-15)16(17,18)19/h3,5-6,13H,2,4,7-12H2,1H3. The zero-order valence-corrected chi connectivity index (χ0v) is 12.9. The number of piperazine rings is 1. The Kier molecular flexibility index (Phi) is 6.08. The summed E-state index contributed by atoms with van der Waals surface area (Å²) in [6.07, 6.45) is -3.50. The van der Waals surface area contributed by atoms with Gasteiger partial charge in [0.05, 0.1) is 12.2 Å². The van der Waals surface area contributed by atoms with Crippen molar-refractivity contribution < 1.29 is 17.9 Å². The molecular formula is C16H23F3N2O. The Morgan fingerprint density at radius 1 is 1.09 bits per heavy atom. The molecule has 3 nitrogen and oxygen atoms in total. The molecule has 0 aromatic heterocycles. The molecule has 1 aliphatic rings. The molecule has 1 aliphatic heterocycles. The van der Waals surface area contributed by atoms with E-state index in [0.717, 1.165) is 57.8 Å². The van der Waals surface area contributed by atoms with Gasteiger partial charge in [-0.2, -0.15) is 13.2 Å². The number of nitrogens with zero attached hydrogens (tertiary/aromatic N) is 2. The van der Waals surface area contributed by atoms with Crippen molar-refractivity contribution in [2.24, 2.45) is 0 Å². The normalized spacial score (nSPS) is 17.6. The van der Waals surface area contributed by atoms with E-state index in [1.807, 2.05) is 0 Å². The molecule has 6 heteroatoms. The van der Waals surface area contributed by atoms with Crippen molar-refractivity contribution in [2.45, 2.75) is 19.5 Å². The SMILES string of the molecule is CCN1CCN(CCCOc2cccc(C(F)(F)F)c2)CC1. The third-order valence-electron chi connectivity index (χ3n) is 3.96. The Morgan fingerprint density at radius 2 is 1.77 bits per heavy atom. The largest absolute Gasteiger partial charge is 0.494 e. The molecule has 0 N–H and O–H groups in total. The lowest BCUT2D eigenvalue weighted by atomic mass is 10.2. The van der Waals surface area contributed by atoms with E-state index in [0.29, 0.717) is 6.61 Å². The molecule has 0 spiro atoms. The van der Waals surface area contributed by atoms with Crippen LogP contribution in [-0.2, 0) is 6.18 Å². The van der Waals surface area contributed by atoms with Gasteiger partial charge >= 0.3 is 6.18 Å². The van der Waals surface area contributed by atoms with E-state index in [1.54, 1.807) is 6.07 Å². The van der Waals surface area contributed by atoms with Crippen LogP contribution in [0.4, 0.5) is 13.2 Å². The summed E-state index contributed by atoms with van der Waals surface area (Å²) in [4.78, 5) is 4.79. The van der Waals surface area contributed by atoms with Crippen molar-refractivity contribution >= 4 is 0 Å². The van der Waals surface area contributed by atoms with Gasteiger partial charge in [0.25, 0.3) is 0 Å². The minimum Gasteiger partial charge on any atom is -0.494 e. The van der Waals surface area contributed by atoms with E-state index >= 15 is 0 Å². The van der Waals surface area contributed by atoms with Crippen LogP contribution in [0.2, 0.25) is 0 Å². The highest BCUT2D eigenvalue weighted by Crippen LogP contribution is 2.31. The number of rotatable bonds is 6. The molecule has 1 heterocycles. The van der Waals surface area contributed by atoms with Gasteiger partial charge in [-0.3, -0.25) is 0 Å². The highest BCUT2D eigenvalue weighted by molar-refractivity contribution is 5.30. The van der Waals surface area contributed by atoms with E-state index in [-0.39, 0.29) is 5.75 Å². The Labute approximate surface area is 129 Å². The van der Waals surface area contributed by atoms with Crippen LogP contribution in [0.25, 0.3) is 0 Å². The minimum absolute atomic E-state index is 0.283. The van der Waals surface area contributed by atoms with Crippen molar-refractivity contribution in [3.63, 3.8) is 0 Å². The first-order valence-electron chi connectivity index (χ1n) is 7.74. The van der Waals surface area contributed by atoms with E-state index in [1.165, 1.54) is 6.07 Å². The lowest BCUT2D eigenvalue weighted by Crippen LogP contribution is -2.46. The van der Waals surface area contributed by atoms with Crippen LogP contribution in [0, 0.1) is 0 Å². The van der Waals surface area contributed by atoms with Gasteiger partial charge in [-0.1, -0.05) is 13.0 Å². The Bertz CT molecular complexity index is 457. The number of ether oxygens (including phenoxy) is 1. The summed E-state index contributed by atoms with van der Waals surface area (Å²) in [6, 6.07) is 5.05. The first-order chi connectivity index (χ1) is 10.5. The highest BCUT2D eigenvalue weighted by atomic mass is 19.4. The van der Waals surface area contributed by atoms with Gasteiger partial charge in [0.2, 0.25) is 0 Å². The zero-order chi connectivity index (χ0) is 16.0. The molecule has 2 rings (SSSR count). The third-order valence-corrected chi connectivity index (χ3v) is 3.96. The van der Waals surface area contributed by atoms with E-state index < -0.39 is 11.7 Å². The second-order valence-electron chi connectivity index (χ2n) is 5.50. The summed E-state index contributed by atoms with van der Waals surface area (Å²) in [6.45, 7) is 8.90. The first kappa shape index (κ1) is 17.1. The summed E-state index contributed by atoms with van der Waals surface area (Å²) in [5.74, 6) is 0.283. The zero-order valence-electron chi connectivity index (χ0n) is 12.9. The molecule has 1 aromatic rings. The lowest BCUT2D eigenvalue weighted by Gasteiger charge is -2.33. The van der Waals surface area contributed by atoms with Gasteiger partial charge in [0.1, 0.15) is 5.75 Å². The fourth-order valence-electron chi connectivity index (χ4n) is 2.57. The van der Waals surface area contributed by atoms with Gasteiger partial charge in [-0.25, -0.2) is 0 Å². The van der Waals surface area contributed by atoms with Crippen molar-refractivity contribution in [3.05, 3.63) is 29.8 Å². The lowest BCUT2D eigenvalue weighted by molar-refractivity contribution is -0.137. The fourth-order valence-corrected chi connectivity index (χ4v) is 2.57. The summed E-state index contributed by atoms with van der Waals surface area (Å²) < 4.78 is 43.2. The van der Waals surface area contributed by atoms with E-state index in [4.69, 9.17) is 4.74 Å². The second kappa shape index (κ2) is 7.83. The van der Waals surface area contributed by atoms with Crippen LogP contribution >= 0.6 is 0 Å². The van der Waals surface area contributed by atoms with Crippen LogP contribution in [0.3, 0.4) is 0 Å². The van der Waals surface area contributed by atoms with Crippen molar-refractivity contribution in [1.82, 2.24) is 9.80 Å². The van der Waals surface area contributed by atoms with Gasteiger partial charge in [0, 0.05) is 32.7 Å². The van der Waals surface area contributed by atoms with Gasteiger partial charge in [-0.05, 0) is 31.2 Å². The fraction of sp³-hybridized carbons (Fsp3) is 0.625. The molecular weight excluding hydrogens is 293 g/mol. The average Bonchev–Trinajstić information content (AvgIpc) is 2.52. The van der Waals surface area contributed by atoms with Gasteiger partial charge < -0.3 is 14.5 Å². The number of halogens is 3. The van der Waals surface area contributed by atoms with Crippen LogP contribution < -0.4 is 4.74 Å². The molecule has 0 aliphatic carbocycles. The average molecular weight is 316 g/mol. The van der Waals surface area contributed by atoms with Crippen LogP contribution in [0.15, 0.2) is 24.3 Å². The molecule has 0 atom stereocenters. The van der Waals surface area contributed by atoms with E-state index in [9.17, 15) is 13.2 Å². The Balaban J connectivity index is 1.69.